The lowest BCUT2D eigenvalue weighted by Crippen LogP contribution is -2.52. The van der Waals surface area contributed by atoms with Gasteiger partial charge in [-0.05, 0) is 43.9 Å². The van der Waals surface area contributed by atoms with Gasteiger partial charge in [0.05, 0.1) is 12.7 Å². The van der Waals surface area contributed by atoms with Crippen molar-refractivity contribution in [3.8, 4) is 0 Å². The molecule has 2 rings (SSSR count). The van der Waals surface area contributed by atoms with Crippen molar-refractivity contribution >= 4 is 0 Å². The molecule has 1 unspecified atom stereocenters. The van der Waals surface area contributed by atoms with Gasteiger partial charge in [-0.2, -0.15) is 0 Å². The maximum Gasteiger partial charge on any atom is 0.0826 e. The average molecular weight is 296 g/mol. The van der Waals surface area contributed by atoms with Crippen LogP contribution in [0.5, 0.6) is 0 Å². The van der Waals surface area contributed by atoms with Crippen LogP contribution in [0.3, 0.4) is 0 Å². The second-order valence-electron chi connectivity index (χ2n) is 9.10. The minimum Gasteiger partial charge on any atom is -0.374 e. The second kappa shape index (κ2) is 6.55. The van der Waals surface area contributed by atoms with Crippen LogP contribution in [-0.4, -0.2) is 49.3 Å². The van der Waals surface area contributed by atoms with Gasteiger partial charge < -0.3 is 10.1 Å². The summed E-state index contributed by atoms with van der Waals surface area (Å²) in [5.41, 5.74) is 0.910. The summed E-state index contributed by atoms with van der Waals surface area (Å²) in [6.07, 6.45) is 4.27. The number of hydrogen-bond donors (Lipinski definition) is 1. The van der Waals surface area contributed by atoms with Gasteiger partial charge in [0.1, 0.15) is 0 Å². The Hall–Kier alpha value is -0.120. The van der Waals surface area contributed by atoms with E-state index in [9.17, 15) is 0 Å². The zero-order valence-electron chi connectivity index (χ0n) is 15.0. The Morgan fingerprint density at radius 3 is 2.33 bits per heavy atom. The first-order chi connectivity index (χ1) is 9.67. The zero-order valence-corrected chi connectivity index (χ0v) is 15.0. The van der Waals surface area contributed by atoms with Crippen LogP contribution in [0, 0.1) is 10.8 Å². The minimum absolute atomic E-state index is 0.356. The summed E-state index contributed by atoms with van der Waals surface area (Å²) < 4.78 is 5.95. The Labute approximate surface area is 131 Å². The van der Waals surface area contributed by atoms with E-state index in [0.717, 1.165) is 26.2 Å². The number of hydrogen-bond acceptors (Lipinski definition) is 3. The fourth-order valence-electron chi connectivity index (χ4n) is 4.62. The summed E-state index contributed by atoms with van der Waals surface area (Å²) in [5, 5.41) is 3.81. The molecule has 1 saturated heterocycles. The van der Waals surface area contributed by atoms with E-state index >= 15 is 0 Å². The van der Waals surface area contributed by atoms with E-state index in [1.165, 1.54) is 19.3 Å². The first-order valence-electron chi connectivity index (χ1n) is 8.76. The lowest BCUT2D eigenvalue weighted by atomic mass is 9.63. The fraction of sp³-hybridized carbons (Fsp3) is 1.00. The molecule has 2 aliphatic rings. The maximum absolute atomic E-state index is 5.95. The molecule has 124 valence electrons. The van der Waals surface area contributed by atoms with Crippen molar-refractivity contribution in [1.29, 1.82) is 0 Å². The summed E-state index contributed by atoms with van der Waals surface area (Å²) in [4.78, 5) is 2.53. The van der Waals surface area contributed by atoms with Crippen molar-refractivity contribution in [2.45, 2.75) is 79.0 Å². The summed E-state index contributed by atoms with van der Waals surface area (Å²) in [6, 6.07) is 1.27. The van der Waals surface area contributed by atoms with E-state index in [4.69, 9.17) is 4.74 Å². The predicted octanol–water partition coefficient (Wildman–Crippen LogP) is 3.29. The molecule has 21 heavy (non-hydrogen) atoms. The van der Waals surface area contributed by atoms with E-state index in [2.05, 4.69) is 51.8 Å². The fourth-order valence-corrected chi connectivity index (χ4v) is 4.62. The van der Waals surface area contributed by atoms with Gasteiger partial charge in [0.2, 0.25) is 0 Å². The topological polar surface area (TPSA) is 24.5 Å². The Kier molecular flexibility index (Phi) is 5.38. The van der Waals surface area contributed by atoms with Crippen molar-refractivity contribution in [3.05, 3.63) is 0 Å². The Bertz CT molecular complexity index is 322. The molecular weight excluding hydrogens is 260 g/mol. The molecule has 1 aliphatic heterocycles. The lowest BCUT2D eigenvalue weighted by Gasteiger charge is -2.46. The average Bonchev–Trinajstić information content (AvgIpc) is 2.33. The number of rotatable bonds is 4. The van der Waals surface area contributed by atoms with Crippen LogP contribution >= 0.6 is 0 Å². The van der Waals surface area contributed by atoms with Gasteiger partial charge in [0, 0.05) is 31.7 Å². The van der Waals surface area contributed by atoms with Crippen LogP contribution in [0.1, 0.15) is 60.8 Å². The van der Waals surface area contributed by atoms with Gasteiger partial charge in [-0.3, -0.25) is 4.90 Å². The van der Waals surface area contributed by atoms with Gasteiger partial charge in [-0.25, -0.2) is 0 Å². The number of nitrogens with zero attached hydrogens (tertiary/aromatic N) is 1. The molecule has 0 spiro atoms. The summed E-state index contributed by atoms with van der Waals surface area (Å²) >= 11 is 0. The second-order valence-corrected chi connectivity index (χ2v) is 9.10. The quantitative estimate of drug-likeness (QED) is 0.861. The van der Waals surface area contributed by atoms with Gasteiger partial charge in [-0.1, -0.05) is 27.7 Å². The number of morpholine rings is 1. The normalized spacial score (nSPS) is 30.7. The van der Waals surface area contributed by atoms with Gasteiger partial charge in [0.15, 0.2) is 0 Å². The molecule has 3 nitrogen and oxygen atoms in total. The highest BCUT2D eigenvalue weighted by Crippen LogP contribution is 2.45. The Balaban J connectivity index is 1.82. The summed E-state index contributed by atoms with van der Waals surface area (Å²) in [7, 11) is 0. The van der Waals surface area contributed by atoms with Crippen molar-refractivity contribution in [2.24, 2.45) is 10.8 Å². The molecule has 0 bridgehead atoms. The summed E-state index contributed by atoms with van der Waals surface area (Å²) in [6.45, 7) is 18.3. The smallest absolute Gasteiger partial charge is 0.0826 e. The van der Waals surface area contributed by atoms with Crippen molar-refractivity contribution < 1.29 is 4.74 Å². The van der Waals surface area contributed by atoms with Crippen LogP contribution < -0.4 is 5.32 Å². The van der Waals surface area contributed by atoms with Crippen LogP contribution in [0.15, 0.2) is 0 Å². The number of ether oxygens (including phenoxy) is 1. The molecule has 1 N–H and O–H groups in total. The largest absolute Gasteiger partial charge is 0.374 e. The van der Waals surface area contributed by atoms with Crippen LogP contribution in [0.2, 0.25) is 0 Å². The van der Waals surface area contributed by atoms with E-state index < -0.39 is 0 Å². The predicted molar refractivity (Wildman–Crippen MR) is 89.7 cm³/mol. The van der Waals surface area contributed by atoms with Crippen molar-refractivity contribution in [1.82, 2.24) is 10.2 Å². The molecule has 3 heteroatoms. The Morgan fingerprint density at radius 2 is 1.76 bits per heavy atom. The molecule has 0 aromatic rings. The van der Waals surface area contributed by atoms with Crippen LogP contribution in [-0.2, 0) is 4.74 Å². The highest BCUT2D eigenvalue weighted by molar-refractivity contribution is 4.92. The van der Waals surface area contributed by atoms with E-state index in [1.807, 2.05) is 0 Å². The van der Waals surface area contributed by atoms with E-state index in [1.54, 1.807) is 0 Å². The third kappa shape index (κ3) is 5.22. The van der Waals surface area contributed by atoms with Gasteiger partial charge in [0.25, 0.3) is 0 Å². The first kappa shape index (κ1) is 17.2. The van der Waals surface area contributed by atoms with Crippen molar-refractivity contribution in [3.63, 3.8) is 0 Å². The van der Waals surface area contributed by atoms with E-state index in [-0.39, 0.29) is 0 Å². The molecular formula is C18H36N2O. The lowest BCUT2D eigenvalue weighted by molar-refractivity contribution is -0.0405. The highest BCUT2D eigenvalue weighted by Gasteiger charge is 2.38. The molecule has 1 heterocycles. The first-order valence-corrected chi connectivity index (χ1v) is 8.76. The molecule has 1 atom stereocenters. The summed E-state index contributed by atoms with van der Waals surface area (Å²) in [5.74, 6) is 0. The third-order valence-corrected chi connectivity index (χ3v) is 5.09. The molecule has 0 amide bonds. The van der Waals surface area contributed by atoms with Gasteiger partial charge in [-0.15, -0.1) is 0 Å². The van der Waals surface area contributed by atoms with Gasteiger partial charge >= 0.3 is 0 Å². The molecule has 2 fully saturated rings. The minimum atomic E-state index is 0.356. The molecule has 1 aliphatic carbocycles. The highest BCUT2D eigenvalue weighted by atomic mass is 16.5. The Morgan fingerprint density at radius 1 is 1.14 bits per heavy atom. The van der Waals surface area contributed by atoms with Crippen molar-refractivity contribution in [2.75, 3.05) is 26.2 Å². The number of nitrogens with one attached hydrogen (secondary N) is 1. The zero-order chi connectivity index (χ0) is 15.7. The SMILES string of the molecule is CC(C)N1CCOC(CNC2CC(C)(C)CC(C)(C)C2)C1. The van der Waals surface area contributed by atoms with Crippen LogP contribution in [0.25, 0.3) is 0 Å². The standard InChI is InChI=1S/C18H36N2O/c1-14(2)20-7-8-21-16(12-20)11-19-15-9-17(3,4)13-18(5,6)10-15/h14-16,19H,7-13H2,1-6H3. The molecule has 0 aromatic heterocycles. The molecule has 0 aromatic carbocycles. The molecule has 0 radical (unpaired) electrons. The van der Waals surface area contributed by atoms with Crippen LogP contribution in [0.4, 0.5) is 0 Å². The van der Waals surface area contributed by atoms with E-state index in [0.29, 0.717) is 29.0 Å². The maximum atomic E-state index is 5.95. The third-order valence-electron chi connectivity index (χ3n) is 5.09. The monoisotopic (exact) mass is 296 g/mol. The molecule has 1 saturated carbocycles.